The van der Waals surface area contributed by atoms with E-state index in [-0.39, 0.29) is 18.4 Å². The maximum absolute atomic E-state index is 12.8. The first-order valence-electron chi connectivity index (χ1n) is 12.3. The summed E-state index contributed by atoms with van der Waals surface area (Å²) in [4.78, 5) is 30.4. The lowest BCUT2D eigenvalue weighted by Gasteiger charge is -2.36. The highest BCUT2D eigenvalue weighted by atomic mass is 16.2. The topological polar surface area (TPSA) is 69.6 Å². The van der Waals surface area contributed by atoms with E-state index in [0.717, 1.165) is 29.9 Å². The Morgan fingerprint density at radius 2 is 1.49 bits per heavy atom. The number of piperazine rings is 1. The summed E-state index contributed by atoms with van der Waals surface area (Å²) in [6.45, 7) is 5.09. The molecular weight excluding hydrogens is 438 g/mol. The standard InChI is InChI=1S/C28H31N5O2/c1-21(34)33(19-22-7-8-22)20-28(35)32-17-15-31(16-18-32)27-14-13-26(29-30-27)25-11-9-24(10-12-25)23-5-3-2-4-6-23/h2-6,9-14,22H,7-8,15-20H2,1H3. The fraction of sp³-hybridized carbons (Fsp3) is 0.357. The second-order valence-electron chi connectivity index (χ2n) is 9.43. The van der Waals surface area contributed by atoms with E-state index in [1.165, 1.54) is 11.1 Å². The van der Waals surface area contributed by atoms with Crippen molar-refractivity contribution < 1.29 is 9.59 Å². The zero-order chi connectivity index (χ0) is 24.2. The molecular formula is C28H31N5O2. The highest BCUT2D eigenvalue weighted by Gasteiger charge is 2.29. The van der Waals surface area contributed by atoms with E-state index in [1.807, 2.05) is 35.2 Å². The molecule has 0 unspecified atom stereocenters. The Balaban J connectivity index is 1.15. The number of hydrogen-bond acceptors (Lipinski definition) is 5. The monoisotopic (exact) mass is 469 g/mol. The van der Waals surface area contributed by atoms with Crippen molar-refractivity contribution in [2.75, 3.05) is 44.2 Å². The molecule has 2 heterocycles. The fourth-order valence-corrected chi connectivity index (χ4v) is 4.48. The molecule has 1 aliphatic carbocycles. The third-order valence-electron chi connectivity index (χ3n) is 6.84. The minimum absolute atomic E-state index is 0.0195. The molecule has 1 aromatic heterocycles. The lowest BCUT2D eigenvalue weighted by molar-refractivity contribution is -0.139. The maximum Gasteiger partial charge on any atom is 0.242 e. The number of nitrogens with zero attached hydrogens (tertiary/aromatic N) is 5. The highest BCUT2D eigenvalue weighted by Crippen LogP contribution is 2.30. The van der Waals surface area contributed by atoms with Crippen LogP contribution in [0, 0.1) is 5.92 Å². The quantitative estimate of drug-likeness (QED) is 0.528. The van der Waals surface area contributed by atoms with E-state index in [2.05, 4.69) is 51.5 Å². The summed E-state index contributed by atoms with van der Waals surface area (Å²) >= 11 is 0. The predicted molar refractivity (Wildman–Crippen MR) is 137 cm³/mol. The van der Waals surface area contributed by atoms with Crippen molar-refractivity contribution in [1.82, 2.24) is 20.0 Å². The van der Waals surface area contributed by atoms with Crippen LogP contribution in [-0.4, -0.2) is 71.1 Å². The van der Waals surface area contributed by atoms with Crippen LogP contribution in [0.15, 0.2) is 66.7 Å². The van der Waals surface area contributed by atoms with Crippen molar-refractivity contribution >= 4 is 17.6 Å². The van der Waals surface area contributed by atoms with Gasteiger partial charge >= 0.3 is 0 Å². The van der Waals surface area contributed by atoms with Gasteiger partial charge in [0.25, 0.3) is 0 Å². The number of amides is 2. The number of aromatic nitrogens is 2. The summed E-state index contributed by atoms with van der Waals surface area (Å²) in [6, 6.07) is 22.7. The summed E-state index contributed by atoms with van der Waals surface area (Å²) in [7, 11) is 0. The SMILES string of the molecule is CC(=O)N(CC(=O)N1CCN(c2ccc(-c3ccc(-c4ccccc4)cc3)nn2)CC1)CC1CC1. The van der Waals surface area contributed by atoms with Crippen LogP contribution in [0.2, 0.25) is 0 Å². The van der Waals surface area contributed by atoms with Crippen molar-refractivity contribution in [3.05, 3.63) is 66.7 Å². The van der Waals surface area contributed by atoms with Gasteiger partial charge < -0.3 is 14.7 Å². The number of rotatable bonds is 7. The van der Waals surface area contributed by atoms with Crippen LogP contribution in [0.1, 0.15) is 19.8 Å². The minimum Gasteiger partial charge on any atom is -0.352 e. The molecule has 0 N–H and O–H groups in total. The van der Waals surface area contributed by atoms with Gasteiger partial charge in [-0.25, -0.2) is 0 Å². The first-order valence-corrected chi connectivity index (χ1v) is 12.3. The predicted octanol–water partition coefficient (Wildman–Crippen LogP) is 3.72. The third-order valence-corrected chi connectivity index (χ3v) is 6.84. The second kappa shape index (κ2) is 10.3. The van der Waals surface area contributed by atoms with Crippen LogP contribution in [-0.2, 0) is 9.59 Å². The number of hydrogen-bond donors (Lipinski definition) is 0. The average molecular weight is 470 g/mol. The summed E-state index contributed by atoms with van der Waals surface area (Å²) in [6.07, 6.45) is 2.32. The Bertz CT molecular complexity index is 1150. The molecule has 1 aliphatic heterocycles. The molecule has 180 valence electrons. The van der Waals surface area contributed by atoms with Gasteiger partial charge in [-0.2, -0.15) is 0 Å². The molecule has 2 fully saturated rings. The van der Waals surface area contributed by atoms with Gasteiger partial charge in [-0.1, -0.05) is 54.6 Å². The van der Waals surface area contributed by atoms with Crippen molar-refractivity contribution in [3.63, 3.8) is 0 Å². The Morgan fingerprint density at radius 1 is 0.829 bits per heavy atom. The average Bonchev–Trinajstić information content (AvgIpc) is 3.73. The number of anilines is 1. The molecule has 5 rings (SSSR count). The van der Waals surface area contributed by atoms with E-state index >= 15 is 0 Å². The van der Waals surface area contributed by atoms with Gasteiger partial charge in [-0.3, -0.25) is 9.59 Å². The van der Waals surface area contributed by atoms with Crippen LogP contribution < -0.4 is 4.90 Å². The second-order valence-corrected chi connectivity index (χ2v) is 9.43. The van der Waals surface area contributed by atoms with E-state index in [0.29, 0.717) is 38.6 Å². The van der Waals surface area contributed by atoms with Crippen LogP contribution in [0.25, 0.3) is 22.4 Å². The van der Waals surface area contributed by atoms with Crippen LogP contribution in [0.5, 0.6) is 0 Å². The van der Waals surface area contributed by atoms with E-state index < -0.39 is 0 Å². The fourth-order valence-electron chi connectivity index (χ4n) is 4.48. The van der Waals surface area contributed by atoms with E-state index in [4.69, 9.17) is 0 Å². The first-order chi connectivity index (χ1) is 17.1. The van der Waals surface area contributed by atoms with Gasteiger partial charge in [0.2, 0.25) is 11.8 Å². The van der Waals surface area contributed by atoms with Crippen molar-refractivity contribution in [2.24, 2.45) is 5.92 Å². The Morgan fingerprint density at radius 3 is 2.09 bits per heavy atom. The van der Waals surface area contributed by atoms with Crippen molar-refractivity contribution in [3.8, 4) is 22.4 Å². The molecule has 2 aliphatic rings. The van der Waals surface area contributed by atoms with Crippen LogP contribution >= 0.6 is 0 Å². The summed E-state index contributed by atoms with van der Waals surface area (Å²) in [5, 5.41) is 8.92. The zero-order valence-corrected chi connectivity index (χ0v) is 20.1. The molecule has 2 aromatic carbocycles. The van der Waals surface area contributed by atoms with Gasteiger partial charge in [0.15, 0.2) is 5.82 Å². The molecule has 0 atom stereocenters. The largest absolute Gasteiger partial charge is 0.352 e. The van der Waals surface area contributed by atoms with Crippen molar-refractivity contribution in [2.45, 2.75) is 19.8 Å². The Kier molecular flexibility index (Phi) is 6.75. The van der Waals surface area contributed by atoms with Gasteiger partial charge in [0.05, 0.1) is 12.2 Å². The molecule has 3 aromatic rings. The van der Waals surface area contributed by atoms with Crippen molar-refractivity contribution in [1.29, 1.82) is 0 Å². The first kappa shape index (κ1) is 23.0. The maximum atomic E-state index is 12.8. The lowest BCUT2D eigenvalue weighted by Crippen LogP contribution is -2.52. The Labute approximate surface area is 206 Å². The lowest BCUT2D eigenvalue weighted by atomic mass is 10.0. The van der Waals surface area contributed by atoms with Gasteiger partial charge in [0.1, 0.15) is 0 Å². The van der Waals surface area contributed by atoms with Gasteiger partial charge in [-0.05, 0) is 42.0 Å². The molecule has 35 heavy (non-hydrogen) atoms. The van der Waals surface area contributed by atoms with Gasteiger partial charge in [-0.15, -0.1) is 10.2 Å². The van der Waals surface area contributed by atoms with E-state index in [1.54, 1.807) is 11.8 Å². The molecule has 7 heteroatoms. The molecule has 0 bridgehead atoms. The normalized spacial score (nSPS) is 15.7. The van der Waals surface area contributed by atoms with Crippen LogP contribution in [0.3, 0.4) is 0 Å². The van der Waals surface area contributed by atoms with Crippen LogP contribution in [0.4, 0.5) is 5.82 Å². The van der Waals surface area contributed by atoms with E-state index in [9.17, 15) is 9.59 Å². The Hall–Kier alpha value is -3.74. The van der Waals surface area contributed by atoms with Gasteiger partial charge in [0, 0.05) is 45.2 Å². The molecule has 0 spiro atoms. The third kappa shape index (κ3) is 5.67. The number of carbonyl (C=O) groups is 2. The smallest absolute Gasteiger partial charge is 0.242 e. The summed E-state index contributed by atoms with van der Waals surface area (Å²) in [5.74, 6) is 1.41. The molecule has 2 amide bonds. The zero-order valence-electron chi connectivity index (χ0n) is 20.1. The molecule has 1 saturated heterocycles. The molecule has 1 saturated carbocycles. The molecule has 7 nitrogen and oxygen atoms in total. The highest BCUT2D eigenvalue weighted by molar-refractivity contribution is 5.84. The summed E-state index contributed by atoms with van der Waals surface area (Å²) < 4.78 is 0. The number of carbonyl (C=O) groups excluding carboxylic acids is 2. The molecule has 0 radical (unpaired) electrons. The summed E-state index contributed by atoms with van der Waals surface area (Å²) in [5.41, 5.74) is 4.22. The number of benzene rings is 2. The minimum atomic E-state index is -0.0195.